The van der Waals surface area contributed by atoms with Crippen molar-refractivity contribution in [1.82, 2.24) is 20.2 Å². The standard InChI is InChI=1S/C18H13N5O2/c1-25-12-6-7-13-14(8-12)21-18(20-13)16-17(24)15(22-23-16)11-4-2-10(9-19)3-5-11/h2-8,24H,1H3,(H,20,21)(H,22,23). The maximum absolute atomic E-state index is 10.5. The molecule has 25 heavy (non-hydrogen) atoms. The SMILES string of the molecule is COc1ccc2nc(-c3n[nH]c(-c4ccc(C#N)cc4)c3O)[nH]c2c1. The van der Waals surface area contributed by atoms with Gasteiger partial charge in [0.15, 0.2) is 17.3 Å². The van der Waals surface area contributed by atoms with E-state index in [2.05, 4.69) is 26.2 Å². The molecule has 0 spiro atoms. The topological polar surface area (TPSA) is 111 Å². The lowest BCUT2D eigenvalue weighted by atomic mass is 10.1. The van der Waals surface area contributed by atoms with Crippen molar-refractivity contribution in [1.29, 1.82) is 5.26 Å². The van der Waals surface area contributed by atoms with Crippen molar-refractivity contribution < 1.29 is 9.84 Å². The van der Waals surface area contributed by atoms with Crippen LogP contribution in [0.4, 0.5) is 0 Å². The summed E-state index contributed by atoms with van der Waals surface area (Å²) in [5.41, 5.74) is 3.61. The third-order valence-corrected chi connectivity index (χ3v) is 3.96. The van der Waals surface area contributed by atoms with Gasteiger partial charge in [0.05, 0.1) is 29.8 Å². The molecule has 0 fully saturated rings. The zero-order chi connectivity index (χ0) is 17.4. The van der Waals surface area contributed by atoms with Crippen molar-refractivity contribution in [3.8, 4) is 40.3 Å². The van der Waals surface area contributed by atoms with E-state index in [1.807, 2.05) is 18.2 Å². The van der Waals surface area contributed by atoms with Crippen LogP contribution in [0.5, 0.6) is 11.5 Å². The third kappa shape index (κ3) is 2.46. The van der Waals surface area contributed by atoms with Crippen LogP contribution in [0.15, 0.2) is 42.5 Å². The fourth-order valence-corrected chi connectivity index (χ4v) is 2.64. The van der Waals surface area contributed by atoms with E-state index in [1.54, 1.807) is 31.4 Å². The zero-order valence-electron chi connectivity index (χ0n) is 13.2. The van der Waals surface area contributed by atoms with Crippen LogP contribution in [-0.2, 0) is 0 Å². The van der Waals surface area contributed by atoms with E-state index in [0.29, 0.717) is 28.5 Å². The number of benzene rings is 2. The fourth-order valence-electron chi connectivity index (χ4n) is 2.64. The summed E-state index contributed by atoms with van der Waals surface area (Å²) in [6, 6.07) is 14.4. The Morgan fingerprint density at radius 1 is 1.16 bits per heavy atom. The lowest BCUT2D eigenvalue weighted by Crippen LogP contribution is -1.81. The Labute approximate surface area is 142 Å². The maximum atomic E-state index is 10.5. The first-order valence-electron chi connectivity index (χ1n) is 7.51. The minimum Gasteiger partial charge on any atom is -0.504 e. The van der Waals surface area contributed by atoms with Crippen molar-refractivity contribution in [2.75, 3.05) is 7.11 Å². The van der Waals surface area contributed by atoms with Crippen molar-refractivity contribution in [2.45, 2.75) is 0 Å². The van der Waals surface area contributed by atoms with E-state index in [-0.39, 0.29) is 5.75 Å². The second kappa shape index (κ2) is 5.69. The van der Waals surface area contributed by atoms with E-state index >= 15 is 0 Å². The summed E-state index contributed by atoms with van der Waals surface area (Å²) in [7, 11) is 1.60. The Morgan fingerprint density at radius 2 is 1.96 bits per heavy atom. The average Bonchev–Trinajstić information content (AvgIpc) is 3.24. The second-order valence-corrected chi connectivity index (χ2v) is 5.45. The molecule has 2 aromatic carbocycles. The van der Waals surface area contributed by atoms with Crippen LogP contribution in [0.3, 0.4) is 0 Å². The molecular weight excluding hydrogens is 318 g/mol. The molecule has 0 amide bonds. The molecule has 0 radical (unpaired) electrons. The first-order valence-corrected chi connectivity index (χ1v) is 7.51. The van der Waals surface area contributed by atoms with Crippen LogP contribution in [-0.4, -0.2) is 32.4 Å². The molecule has 3 N–H and O–H groups in total. The van der Waals surface area contributed by atoms with Gasteiger partial charge in [0.2, 0.25) is 0 Å². The van der Waals surface area contributed by atoms with Gasteiger partial charge in [-0.2, -0.15) is 10.4 Å². The highest BCUT2D eigenvalue weighted by Crippen LogP contribution is 2.35. The van der Waals surface area contributed by atoms with Gasteiger partial charge < -0.3 is 14.8 Å². The van der Waals surface area contributed by atoms with Gasteiger partial charge in [-0.15, -0.1) is 0 Å². The Balaban J connectivity index is 1.76. The summed E-state index contributed by atoms with van der Waals surface area (Å²) in [6.45, 7) is 0. The highest BCUT2D eigenvalue weighted by atomic mass is 16.5. The smallest absolute Gasteiger partial charge is 0.172 e. The monoisotopic (exact) mass is 331 g/mol. The van der Waals surface area contributed by atoms with Crippen LogP contribution >= 0.6 is 0 Å². The molecule has 4 aromatic rings. The summed E-state index contributed by atoms with van der Waals surface area (Å²) in [6.07, 6.45) is 0. The molecule has 0 aliphatic carbocycles. The number of aromatic amines is 2. The molecule has 0 bridgehead atoms. The molecule has 4 rings (SSSR count). The molecule has 0 aliphatic heterocycles. The summed E-state index contributed by atoms with van der Waals surface area (Å²) < 4.78 is 5.20. The number of rotatable bonds is 3. The molecule has 0 saturated heterocycles. The predicted octanol–water partition coefficient (Wildman–Crippen LogP) is 3.21. The number of nitrogens with zero attached hydrogens (tertiary/aromatic N) is 3. The maximum Gasteiger partial charge on any atom is 0.172 e. The van der Waals surface area contributed by atoms with Gasteiger partial charge >= 0.3 is 0 Å². The number of nitriles is 1. The normalized spacial score (nSPS) is 10.7. The Bertz CT molecular complexity index is 1100. The van der Waals surface area contributed by atoms with Crippen molar-refractivity contribution in [3.63, 3.8) is 0 Å². The third-order valence-electron chi connectivity index (χ3n) is 3.96. The van der Waals surface area contributed by atoms with Crippen LogP contribution in [0.2, 0.25) is 0 Å². The summed E-state index contributed by atoms with van der Waals surface area (Å²) in [5.74, 6) is 1.17. The molecule has 7 nitrogen and oxygen atoms in total. The number of methoxy groups -OCH3 is 1. The van der Waals surface area contributed by atoms with Gasteiger partial charge in [0.25, 0.3) is 0 Å². The van der Waals surface area contributed by atoms with Crippen LogP contribution in [0, 0.1) is 11.3 Å². The molecule has 0 atom stereocenters. The average molecular weight is 331 g/mol. The van der Waals surface area contributed by atoms with Crippen molar-refractivity contribution >= 4 is 11.0 Å². The van der Waals surface area contributed by atoms with E-state index in [4.69, 9.17) is 10.00 Å². The number of nitrogens with one attached hydrogen (secondary N) is 2. The number of hydrogen-bond acceptors (Lipinski definition) is 5. The van der Waals surface area contributed by atoms with Crippen LogP contribution < -0.4 is 4.74 Å². The number of H-pyrrole nitrogens is 2. The number of hydrogen-bond donors (Lipinski definition) is 3. The summed E-state index contributed by atoms with van der Waals surface area (Å²) in [4.78, 5) is 7.59. The number of fused-ring (bicyclic) bond motifs is 1. The fraction of sp³-hybridized carbons (Fsp3) is 0.0556. The molecular formula is C18H13N5O2. The highest BCUT2D eigenvalue weighted by Gasteiger charge is 2.18. The van der Waals surface area contributed by atoms with Crippen molar-refractivity contribution in [2.24, 2.45) is 0 Å². The Kier molecular flexibility index (Phi) is 3.36. The summed E-state index contributed by atoms with van der Waals surface area (Å²) >= 11 is 0. The van der Waals surface area contributed by atoms with Gasteiger partial charge in [-0.3, -0.25) is 5.10 Å². The molecule has 0 saturated carbocycles. The van der Waals surface area contributed by atoms with Gasteiger partial charge in [0, 0.05) is 11.6 Å². The molecule has 2 aromatic heterocycles. The zero-order valence-corrected chi connectivity index (χ0v) is 13.2. The second-order valence-electron chi connectivity index (χ2n) is 5.45. The highest BCUT2D eigenvalue weighted by molar-refractivity contribution is 5.83. The predicted molar refractivity (Wildman–Crippen MR) is 92.0 cm³/mol. The first kappa shape index (κ1) is 14.8. The molecule has 122 valence electrons. The van der Waals surface area contributed by atoms with Gasteiger partial charge in [0.1, 0.15) is 11.4 Å². The quantitative estimate of drug-likeness (QED) is 0.534. The summed E-state index contributed by atoms with van der Waals surface area (Å²) in [5, 5.41) is 26.4. The lowest BCUT2D eigenvalue weighted by Gasteiger charge is -1.99. The van der Waals surface area contributed by atoms with Gasteiger partial charge in [-0.25, -0.2) is 4.98 Å². The first-order chi connectivity index (χ1) is 12.2. The minimum absolute atomic E-state index is 0.00395. The molecule has 0 aliphatic rings. The van der Waals surface area contributed by atoms with E-state index < -0.39 is 0 Å². The Morgan fingerprint density at radius 3 is 2.68 bits per heavy atom. The number of ether oxygens (including phenoxy) is 1. The lowest BCUT2D eigenvalue weighted by molar-refractivity contribution is 0.415. The Hall–Kier alpha value is -3.79. The van der Waals surface area contributed by atoms with Gasteiger partial charge in [-0.1, -0.05) is 12.1 Å². The van der Waals surface area contributed by atoms with E-state index in [9.17, 15) is 5.11 Å². The van der Waals surface area contributed by atoms with Crippen LogP contribution in [0.1, 0.15) is 5.56 Å². The number of aromatic hydroxyl groups is 1. The van der Waals surface area contributed by atoms with Crippen molar-refractivity contribution in [3.05, 3.63) is 48.0 Å². The molecule has 2 heterocycles. The molecule has 7 heteroatoms. The van der Waals surface area contributed by atoms with Gasteiger partial charge in [-0.05, 0) is 24.3 Å². The minimum atomic E-state index is -0.00395. The van der Waals surface area contributed by atoms with E-state index in [1.165, 1.54) is 0 Å². The molecule has 0 unspecified atom stereocenters. The largest absolute Gasteiger partial charge is 0.504 e. The number of aromatic nitrogens is 4. The van der Waals surface area contributed by atoms with Crippen LogP contribution in [0.25, 0.3) is 33.8 Å². The van der Waals surface area contributed by atoms with E-state index in [0.717, 1.165) is 16.6 Å². The number of imidazole rings is 1.